The number of ether oxygens (including phenoxy) is 2. The number of amides is 1. The first-order valence-electron chi connectivity index (χ1n) is 5.92. The molecule has 0 saturated carbocycles. The Morgan fingerprint density at radius 1 is 1.44 bits per heavy atom. The van der Waals surface area contributed by atoms with Crippen LogP contribution < -0.4 is 15.8 Å². The normalized spacial score (nSPS) is 11.9. The minimum absolute atomic E-state index is 0.207. The highest BCUT2D eigenvalue weighted by Gasteiger charge is 2.13. The molecule has 0 saturated heterocycles. The van der Waals surface area contributed by atoms with Crippen LogP contribution in [0.3, 0.4) is 0 Å². The number of nitrogens with one attached hydrogen (secondary N) is 1. The fraction of sp³-hybridized carbons (Fsp3) is 0.462. The first-order valence-corrected chi connectivity index (χ1v) is 5.92. The van der Waals surface area contributed by atoms with E-state index < -0.39 is 6.04 Å². The predicted molar refractivity (Wildman–Crippen MR) is 69.3 cm³/mol. The monoisotopic (exact) mass is 252 g/mol. The minimum atomic E-state index is -0.644. The second-order valence-electron chi connectivity index (χ2n) is 3.82. The third-order valence-corrected chi connectivity index (χ3v) is 2.41. The molecule has 3 N–H and O–H groups in total. The Labute approximate surface area is 107 Å². The molecule has 0 aliphatic heterocycles. The van der Waals surface area contributed by atoms with Crippen LogP contribution in [-0.2, 0) is 16.1 Å². The van der Waals surface area contributed by atoms with Gasteiger partial charge in [0.15, 0.2) is 0 Å². The lowest BCUT2D eigenvalue weighted by Crippen LogP contribution is -2.43. The van der Waals surface area contributed by atoms with Gasteiger partial charge in [-0.2, -0.15) is 0 Å². The summed E-state index contributed by atoms with van der Waals surface area (Å²) in [6, 6.07) is 6.94. The predicted octanol–water partition coefficient (Wildman–Crippen LogP) is 0.675. The van der Waals surface area contributed by atoms with Crippen molar-refractivity contribution in [3.05, 3.63) is 29.8 Å². The van der Waals surface area contributed by atoms with E-state index in [1.54, 1.807) is 0 Å². The summed E-state index contributed by atoms with van der Waals surface area (Å²) in [6.07, 6.45) is 0. The molecule has 0 bridgehead atoms. The highest BCUT2D eigenvalue weighted by Crippen LogP contribution is 2.17. The molecular weight excluding hydrogens is 232 g/mol. The van der Waals surface area contributed by atoms with E-state index in [-0.39, 0.29) is 12.5 Å². The topological polar surface area (TPSA) is 73.6 Å². The Morgan fingerprint density at radius 2 is 2.17 bits per heavy atom. The summed E-state index contributed by atoms with van der Waals surface area (Å²) in [7, 11) is 1.51. The van der Waals surface area contributed by atoms with Crippen LogP contribution in [-0.4, -0.2) is 32.3 Å². The maximum Gasteiger partial charge on any atom is 0.239 e. The fourth-order valence-corrected chi connectivity index (χ4v) is 1.51. The van der Waals surface area contributed by atoms with E-state index in [2.05, 4.69) is 5.32 Å². The van der Waals surface area contributed by atoms with Crippen LogP contribution in [0.25, 0.3) is 0 Å². The van der Waals surface area contributed by atoms with E-state index in [0.29, 0.717) is 13.2 Å². The number of carbonyl (C=O) groups is 1. The van der Waals surface area contributed by atoms with Crippen molar-refractivity contribution in [2.24, 2.45) is 5.73 Å². The molecule has 0 fully saturated rings. The largest absolute Gasteiger partial charge is 0.494 e. The van der Waals surface area contributed by atoms with E-state index in [4.69, 9.17) is 15.2 Å². The lowest BCUT2D eigenvalue weighted by molar-refractivity contribution is -0.123. The van der Waals surface area contributed by atoms with Gasteiger partial charge in [-0.15, -0.1) is 0 Å². The summed E-state index contributed by atoms with van der Waals surface area (Å²) < 4.78 is 10.3. The number of hydrogen-bond donors (Lipinski definition) is 2. The fourth-order valence-electron chi connectivity index (χ4n) is 1.51. The Balaban J connectivity index is 2.55. The molecule has 5 nitrogen and oxygen atoms in total. The average molecular weight is 252 g/mol. The lowest BCUT2D eigenvalue weighted by atomic mass is 10.2. The van der Waals surface area contributed by atoms with Gasteiger partial charge in [-0.1, -0.05) is 18.2 Å². The van der Waals surface area contributed by atoms with Crippen molar-refractivity contribution in [3.8, 4) is 5.75 Å². The van der Waals surface area contributed by atoms with E-state index in [1.165, 1.54) is 7.11 Å². The number of rotatable bonds is 7. The summed E-state index contributed by atoms with van der Waals surface area (Å²) in [4.78, 5) is 11.6. The summed E-state index contributed by atoms with van der Waals surface area (Å²) in [5, 5.41) is 2.76. The molecule has 1 amide bonds. The quantitative estimate of drug-likeness (QED) is 0.748. The van der Waals surface area contributed by atoms with Gasteiger partial charge in [-0.3, -0.25) is 4.79 Å². The molecule has 1 atom stereocenters. The summed E-state index contributed by atoms with van der Waals surface area (Å²) in [5.41, 5.74) is 6.55. The maximum atomic E-state index is 11.6. The zero-order valence-electron chi connectivity index (χ0n) is 10.8. The highest BCUT2D eigenvalue weighted by molar-refractivity contribution is 5.81. The van der Waals surface area contributed by atoms with Gasteiger partial charge in [0.1, 0.15) is 11.8 Å². The van der Waals surface area contributed by atoms with E-state index >= 15 is 0 Å². The van der Waals surface area contributed by atoms with Crippen LogP contribution in [0.1, 0.15) is 12.5 Å². The Morgan fingerprint density at radius 3 is 2.83 bits per heavy atom. The van der Waals surface area contributed by atoms with Crippen LogP contribution in [0.4, 0.5) is 0 Å². The highest BCUT2D eigenvalue weighted by atomic mass is 16.5. The molecule has 1 rings (SSSR count). The van der Waals surface area contributed by atoms with Gasteiger partial charge in [-0.25, -0.2) is 0 Å². The van der Waals surface area contributed by atoms with Gasteiger partial charge < -0.3 is 20.5 Å². The van der Waals surface area contributed by atoms with E-state index in [1.807, 2.05) is 31.2 Å². The van der Waals surface area contributed by atoms with Crippen molar-refractivity contribution in [2.45, 2.75) is 19.5 Å². The van der Waals surface area contributed by atoms with Crippen LogP contribution >= 0.6 is 0 Å². The van der Waals surface area contributed by atoms with Gasteiger partial charge >= 0.3 is 0 Å². The van der Waals surface area contributed by atoms with Crippen LogP contribution in [0, 0.1) is 0 Å². The van der Waals surface area contributed by atoms with Gasteiger partial charge in [-0.05, 0) is 13.0 Å². The molecule has 0 spiro atoms. The van der Waals surface area contributed by atoms with Crippen LogP contribution in [0.15, 0.2) is 24.3 Å². The molecular formula is C13H20N2O3. The Hall–Kier alpha value is -1.59. The van der Waals surface area contributed by atoms with E-state index in [9.17, 15) is 4.79 Å². The number of para-hydroxylation sites is 1. The standard InChI is InChI=1S/C13H20N2O3/c1-3-18-12-7-5-4-6-10(12)8-15-13(16)11(14)9-17-2/h4-7,11H,3,8-9,14H2,1-2H3,(H,15,16). The molecule has 1 aromatic rings. The summed E-state index contributed by atoms with van der Waals surface area (Å²) >= 11 is 0. The zero-order valence-corrected chi connectivity index (χ0v) is 10.8. The second kappa shape index (κ2) is 7.68. The van der Waals surface area contributed by atoms with Gasteiger partial charge in [0, 0.05) is 19.2 Å². The molecule has 0 radical (unpaired) electrons. The molecule has 0 aromatic heterocycles. The lowest BCUT2D eigenvalue weighted by Gasteiger charge is -2.13. The molecule has 100 valence electrons. The molecule has 5 heteroatoms. The van der Waals surface area contributed by atoms with Crippen LogP contribution in [0.5, 0.6) is 5.75 Å². The second-order valence-corrected chi connectivity index (χ2v) is 3.82. The number of hydrogen-bond acceptors (Lipinski definition) is 4. The Bertz CT molecular complexity index is 382. The van der Waals surface area contributed by atoms with Crippen molar-refractivity contribution in [1.29, 1.82) is 0 Å². The molecule has 0 aliphatic carbocycles. The zero-order chi connectivity index (χ0) is 13.4. The SMILES string of the molecule is CCOc1ccccc1CNC(=O)C(N)COC. The number of benzene rings is 1. The van der Waals surface area contributed by atoms with Crippen molar-refractivity contribution >= 4 is 5.91 Å². The third kappa shape index (κ3) is 4.35. The number of carbonyl (C=O) groups excluding carboxylic acids is 1. The first-order chi connectivity index (χ1) is 8.69. The smallest absolute Gasteiger partial charge is 0.239 e. The van der Waals surface area contributed by atoms with Crippen molar-refractivity contribution in [3.63, 3.8) is 0 Å². The minimum Gasteiger partial charge on any atom is -0.494 e. The number of methoxy groups -OCH3 is 1. The molecule has 0 aliphatic rings. The Kier molecular flexibility index (Phi) is 6.18. The van der Waals surface area contributed by atoms with E-state index in [0.717, 1.165) is 11.3 Å². The van der Waals surface area contributed by atoms with Crippen LogP contribution in [0.2, 0.25) is 0 Å². The molecule has 18 heavy (non-hydrogen) atoms. The van der Waals surface area contributed by atoms with Gasteiger partial charge in [0.2, 0.25) is 5.91 Å². The molecule has 0 heterocycles. The van der Waals surface area contributed by atoms with Gasteiger partial charge in [0.05, 0.1) is 13.2 Å². The summed E-state index contributed by atoms with van der Waals surface area (Å²) in [6.45, 7) is 3.11. The molecule has 1 unspecified atom stereocenters. The van der Waals surface area contributed by atoms with Gasteiger partial charge in [0.25, 0.3) is 0 Å². The van der Waals surface area contributed by atoms with Crippen molar-refractivity contribution in [1.82, 2.24) is 5.32 Å². The van der Waals surface area contributed by atoms with Crippen molar-refractivity contribution < 1.29 is 14.3 Å². The maximum absolute atomic E-state index is 11.6. The number of nitrogens with two attached hydrogens (primary N) is 1. The third-order valence-electron chi connectivity index (χ3n) is 2.41. The summed E-state index contributed by atoms with van der Waals surface area (Å²) in [5.74, 6) is 0.545. The molecule has 1 aromatic carbocycles. The van der Waals surface area contributed by atoms with Crippen molar-refractivity contribution in [2.75, 3.05) is 20.3 Å². The average Bonchev–Trinajstić information content (AvgIpc) is 2.38. The first kappa shape index (κ1) is 14.5.